The molecule has 0 bridgehead atoms. The molecule has 3 rings (SSSR count). The van der Waals surface area contributed by atoms with Crippen molar-refractivity contribution in [2.75, 3.05) is 13.6 Å². The van der Waals surface area contributed by atoms with Gasteiger partial charge in [0.15, 0.2) is 0 Å². The van der Waals surface area contributed by atoms with Crippen molar-refractivity contribution in [3.05, 3.63) is 65.7 Å². The molecule has 1 aliphatic rings. The number of hydrogen-bond acceptors (Lipinski definition) is 3. The summed E-state index contributed by atoms with van der Waals surface area (Å²) < 4.78 is 5.77. The Morgan fingerprint density at radius 3 is 2.54 bits per heavy atom. The molecule has 0 radical (unpaired) electrons. The summed E-state index contributed by atoms with van der Waals surface area (Å²) in [5, 5.41) is 3.03. The Bertz CT molecular complexity index is 655. The first kappa shape index (κ1) is 16.5. The number of benzene rings is 2. The van der Waals surface area contributed by atoms with Crippen LogP contribution in [0.25, 0.3) is 0 Å². The van der Waals surface area contributed by atoms with E-state index in [9.17, 15) is 4.79 Å². The summed E-state index contributed by atoms with van der Waals surface area (Å²) in [6.07, 6.45) is 2.05. The number of carbonyl (C=O) groups excluding carboxylic acids is 1. The number of nitrogens with one attached hydrogen (secondary N) is 1. The molecular formula is C20H24N2O2. The van der Waals surface area contributed by atoms with Crippen molar-refractivity contribution in [2.24, 2.45) is 0 Å². The van der Waals surface area contributed by atoms with E-state index in [1.54, 1.807) is 0 Å². The van der Waals surface area contributed by atoms with E-state index in [4.69, 9.17) is 4.74 Å². The average Bonchev–Trinajstić information content (AvgIpc) is 3.06. The Hall–Kier alpha value is -2.33. The van der Waals surface area contributed by atoms with Crippen LogP contribution >= 0.6 is 0 Å². The number of ether oxygens (including phenoxy) is 1. The maximum Gasteiger partial charge on any atom is 0.237 e. The minimum absolute atomic E-state index is 0.0264. The van der Waals surface area contributed by atoms with Crippen LogP contribution in [0.1, 0.15) is 24.0 Å². The van der Waals surface area contributed by atoms with Crippen LogP contribution < -0.4 is 10.1 Å². The fourth-order valence-corrected chi connectivity index (χ4v) is 2.99. The maximum atomic E-state index is 12.2. The normalized spacial score (nSPS) is 17.6. The van der Waals surface area contributed by atoms with Gasteiger partial charge in [0.2, 0.25) is 5.91 Å². The van der Waals surface area contributed by atoms with Crippen molar-refractivity contribution >= 4 is 5.91 Å². The fraction of sp³-hybridized carbons (Fsp3) is 0.350. The van der Waals surface area contributed by atoms with Crippen molar-refractivity contribution in [3.8, 4) is 5.75 Å². The molecule has 24 heavy (non-hydrogen) atoms. The zero-order valence-electron chi connectivity index (χ0n) is 14.1. The summed E-state index contributed by atoms with van der Waals surface area (Å²) in [7, 11) is 2.01. The molecule has 0 saturated carbocycles. The summed E-state index contributed by atoms with van der Waals surface area (Å²) in [4.78, 5) is 14.3. The minimum Gasteiger partial charge on any atom is -0.489 e. The van der Waals surface area contributed by atoms with Gasteiger partial charge in [0.05, 0.1) is 6.04 Å². The molecule has 1 heterocycles. The highest BCUT2D eigenvalue weighted by Gasteiger charge is 2.27. The van der Waals surface area contributed by atoms with E-state index < -0.39 is 0 Å². The Kier molecular flexibility index (Phi) is 5.49. The van der Waals surface area contributed by atoms with E-state index >= 15 is 0 Å². The van der Waals surface area contributed by atoms with Gasteiger partial charge in [0, 0.05) is 6.54 Å². The highest BCUT2D eigenvalue weighted by atomic mass is 16.5. The molecule has 0 spiro atoms. The fourth-order valence-electron chi connectivity index (χ4n) is 2.99. The van der Waals surface area contributed by atoms with Gasteiger partial charge in [-0.15, -0.1) is 0 Å². The SMILES string of the molecule is CN1CCCC1C(=O)NCc1ccc(OCc2ccccc2)cc1. The molecule has 1 amide bonds. The standard InChI is InChI=1S/C20H24N2O2/c1-22-13-5-8-19(22)20(23)21-14-16-9-11-18(12-10-16)24-15-17-6-3-2-4-7-17/h2-4,6-7,9-12,19H,5,8,13-15H2,1H3,(H,21,23). The van der Waals surface area contributed by atoms with Crippen LogP contribution in [0.15, 0.2) is 54.6 Å². The van der Waals surface area contributed by atoms with Gasteiger partial charge in [-0.1, -0.05) is 42.5 Å². The van der Waals surface area contributed by atoms with Crippen molar-refractivity contribution < 1.29 is 9.53 Å². The Morgan fingerprint density at radius 2 is 1.88 bits per heavy atom. The van der Waals surface area contributed by atoms with Crippen molar-refractivity contribution in [2.45, 2.75) is 32.0 Å². The van der Waals surface area contributed by atoms with Crippen LogP contribution in [0.3, 0.4) is 0 Å². The summed E-state index contributed by atoms with van der Waals surface area (Å²) in [6, 6.07) is 18.0. The smallest absolute Gasteiger partial charge is 0.237 e. The zero-order chi connectivity index (χ0) is 16.8. The molecule has 4 heteroatoms. The highest BCUT2D eigenvalue weighted by Crippen LogP contribution is 2.16. The predicted molar refractivity (Wildman–Crippen MR) is 94.7 cm³/mol. The van der Waals surface area contributed by atoms with Gasteiger partial charge in [-0.3, -0.25) is 9.69 Å². The number of likely N-dealkylation sites (N-methyl/N-ethyl adjacent to an activating group) is 1. The summed E-state index contributed by atoms with van der Waals surface area (Å²) in [5.74, 6) is 0.962. The molecule has 1 N–H and O–H groups in total. The Morgan fingerprint density at radius 1 is 1.12 bits per heavy atom. The summed E-state index contributed by atoms with van der Waals surface area (Å²) in [5.41, 5.74) is 2.23. The minimum atomic E-state index is 0.0264. The topological polar surface area (TPSA) is 41.6 Å². The number of carbonyl (C=O) groups is 1. The van der Waals surface area contributed by atoms with Crippen LogP contribution in [0.5, 0.6) is 5.75 Å². The van der Waals surface area contributed by atoms with Crippen LogP contribution in [0.2, 0.25) is 0 Å². The summed E-state index contributed by atoms with van der Waals surface area (Å²) >= 11 is 0. The van der Waals surface area contributed by atoms with Crippen molar-refractivity contribution in [1.29, 1.82) is 0 Å². The summed E-state index contributed by atoms with van der Waals surface area (Å²) in [6.45, 7) is 2.12. The molecule has 1 aliphatic heterocycles. The lowest BCUT2D eigenvalue weighted by Crippen LogP contribution is -2.41. The quantitative estimate of drug-likeness (QED) is 0.888. The van der Waals surface area contributed by atoms with Crippen LogP contribution in [-0.2, 0) is 17.9 Å². The van der Waals surface area contributed by atoms with Gasteiger partial charge in [-0.25, -0.2) is 0 Å². The largest absolute Gasteiger partial charge is 0.489 e. The molecule has 1 unspecified atom stereocenters. The van der Waals surface area contributed by atoms with E-state index in [0.29, 0.717) is 13.2 Å². The molecule has 1 saturated heterocycles. The number of likely N-dealkylation sites (tertiary alicyclic amines) is 1. The van der Waals surface area contributed by atoms with E-state index in [0.717, 1.165) is 36.3 Å². The van der Waals surface area contributed by atoms with Crippen molar-refractivity contribution in [3.63, 3.8) is 0 Å². The second-order valence-electron chi connectivity index (χ2n) is 6.27. The molecule has 2 aromatic carbocycles. The van der Waals surface area contributed by atoms with Crippen LogP contribution in [-0.4, -0.2) is 30.4 Å². The van der Waals surface area contributed by atoms with Gasteiger partial charge >= 0.3 is 0 Å². The molecule has 4 nitrogen and oxygen atoms in total. The number of rotatable bonds is 6. The molecule has 0 aromatic heterocycles. The lowest BCUT2D eigenvalue weighted by Gasteiger charge is -2.18. The lowest BCUT2D eigenvalue weighted by atomic mass is 10.2. The second kappa shape index (κ2) is 7.97. The van der Waals surface area contributed by atoms with Gasteiger partial charge in [0.1, 0.15) is 12.4 Å². The first-order valence-corrected chi connectivity index (χ1v) is 8.46. The van der Waals surface area contributed by atoms with Crippen LogP contribution in [0.4, 0.5) is 0 Å². The average molecular weight is 324 g/mol. The molecular weight excluding hydrogens is 300 g/mol. The van der Waals surface area contributed by atoms with E-state index in [-0.39, 0.29) is 11.9 Å². The number of amides is 1. The molecule has 126 valence electrons. The van der Waals surface area contributed by atoms with Gasteiger partial charge in [0.25, 0.3) is 0 Å². The molecule has 2 aromatic rings. The van der Waals surface area contributed by atoms with Gasteiger partial charge in [-0.05, 0) is 49.7 Å². The third-order valence-corrected chi connectivity index (χ3v) is 4.46. The highest BCUT2D eigenvalue weighted by molar-refractivity contribution is 5.81. The maximum absolute atomic E-state index is 12.2. The number of hydrogen-bond donors (Lipinski definition) is 1. The first-order valence-electron chi connectivity index (χ1n) is 8.46. The van der Waals surface area contributed by atoms with Gasteiger partial charge in [-0.2, -0.15) is 0 Å². The second-order valence-corrected chi connectivity index (χ2v) is 6.27. The first-order chi connectivity index (χ1) is 11.7. The van der Waals surface area contributed by atoms with Crippen molar-refractivity contribution in [1.82, 2.24) is 10.2 Å². The number of nitrogens with zero attached hydrogens (tertiary/aromatic N) is 1. The monoisotopic (exact) mass is 324 g/mol. The van der Waals surface area contributed by atoms with Gasteiger partial charge < -0.3 is 10.1 Å². The molecule has 1 atom stereocenters. The van der Waals surface area contributed by atoms with E-state index in [2.05, 4.69) is 10.2 Å². The third-order valence-electron chi connectivity index (χ3n) is 4.46. The molecule has 1 fully saturated rings. The van der Waals surface area contributed by atoms with E-state index in [1.165, 1.54) is 0 Å². The lowest BCUT2D eigenvalue weighted by molar-refractivity contribution is -0.125. The third kappa shape index (κ3) is 4.36. The predicted octanol–water partition coefficient (Wildman–Crippen LogP) is 2.98. The Balaban J connectivity index is 1.47. The zero-order valence-corrected chi connectivity index (χ0v) is 14.1. The van der Waals surface area contributed by atoms with Crippen LogP contribution in [0, 0.1) is 0 Å². The Labute approximate surface area is 143 Å². The van der Waals surface area contributed by atoms with E-state index in [1.807, 2.05) is 61.6 Å². The molecule has 0 aliphatic carbocycles.